The van der Waals surface area contributed by atoms with Crippen molar-refractivity contribution in [3.05, 3.63) is 70.3 Å². The van der Waals surface area contributed by atoms with Crippen molar-refractivity contribution in [2.45, 2.75) is 38.3 Å². The minimum atomic E-state index is -0.543. The molecule has 2 aromatic heterocycles. The number of para-hydroxylation sites is 1. The molecule has 0 spiro atoms. The summed E-state index contributed by atoms with van der Waals surface area (Å²) in [4.78, 5) is 55.5. The molecular weight excluding hydrogens is 444 g/mol. The number of likely N-dealkylation sites (tertiary alicyclic amines) is 2. The largest absolute Gasteiger partial charge is 0.341 e. The van der Waals surface area contributed by atoms with Gasteiger partial charge in [-0.05, 0) is 37.3 Å². The first kappa shape index (κ1) is 21.8. The van der Waals surface area contributed by atoms with Crippen LogP contribution >= 0.6 is 0 Å². The number of benzene rings is 1. The number of hydrogen-bond acceptors (Lipinski definition) is 4. The summed E-state index contributed by atoms with van der Waals surface area (Å²) in [6, 6.07) is 12.7. The number of fused-ring (bicyclic) bond motifs is 5. The highest BCUT2D eigenvalue weighted by Gasteiger charge is 2.38. The molecule has 0 N–H and O–H groups in total. The number of carbonyl (C=O) groups is 3. The number of pyridine rings is 1. The fourth-order valence-electron chi connectivity index (χ4n) is 6.09. The van der Waals surface area contributed by atoms with Gasteiger partial charge < -0.3 is 18.9 Å². The molecule has 0 saturated carbocycles. The van der Waals surface area contributed by atoms with Crippen molar-refractivity contribution >= 4 is 28.5 Å². The summed E-state index contributed by atoms with van der Waals surface area (Å²) in [5.74, 6) is -0.823. The van der Waals surface area contributed by atoms with Crippen molar-refractivity contribution in [2.24, 2.45) is 5.92 Å². The van der Waals surface area contributed by atoms with Gasteiger partial charge in [0.1, 0.15) is 6.54 Å². The monoisotopic (exact) mass is 472 g/mol. The topological polar surface area (TPSA) is 84.6 Å². The van der Waals surface area contributed by atoms with Gasteiger partial charge in [0, 0.05) is 67.5 Å². The molecule has 3 aliphatic heterocycles. The second-order valence-electron chi connectivity index (χ2n) is 10.0. The van der Waals surface area contributed by atoms with Gasteiger partial charge >= 0.3 is 0 Å². The average molecular weight is 473 g/mol. The Morgan fingerprint density at radius 3 is 2.51 bits per heavy atom. The molecule has 2 unspecified atom stereocenters. The maximum atomic E-state index is 13.5. The summed E-state index contributed by atoms with van der Waals surface area (Å²) in [6.07, 6.45) is 4.62. The van der Waals surface area contributed by atoms with Gasteiger partial charge in [-0.2, -0.15) is 0 Å². The zero-order chi connectivity index (χ0) is 24.1. The summed E-state index contributed by atoms with van der Waals surface area (Å²) < 4.78 is 3.61. The maximum absolute atomic E-state index is 13.5. The van der Waals surface area contributed by atoms with Gasteiger partial charge in [0.05, 0.1) is 5.56 Å². The van der Waals surface area contributed by atoms with E-state index < -0.39 is 11.7 Å². The molecule has 0 radical (unpaired) electrons. The standard InChI is InChI=1S/C27H28N4O4/c32-24-9-5-8-22-19-12-18(14-31(22)24)13-30(15-19)27(35)26(34)21-16-29(23-7-2-1-6-20(21)23)17-25(33)28-10-3-4-11-28/h1-2,5-9,16,18-19H,3-4,10-15,17H2. The van der Waals surface area contributed by atoms with Crippen LogP contribution in [0.1, 0.15) is 41.2 Å². The Morgan fingerprint density at radius 1 is 0.886 bits per heavy atom. The molecule has 35 heavy (non-hydrogen) atoms. The Bertz CT molecular complexity index is 1400. The summed E-state index contributed by atoms with van der Waals surface area (Å²) in [7, 11) is 0. The van der Waals surface area contributed by atoms with Gasteiger partial charge in [0.15, 0.2) is 0 Å². The molecule has 6 rings (SSSR count). The van der Waals surface area contributed by atoms with Gasteiger partial charge in [-0.1, -0.05) is 24.3 Å². The van der Waals surface area contributed by atoms with E-state index >= 15 is 0 Å². The van der Waals surface area contributed by atoms with Crippen LogP contribution in [0.2, 0.25) is 0 Å². The number of piperidine rings is 1. The Labute approximate surface area is 202 Å². The fourth-order valence-corrected chi connectivity index (χ4v) is 6.09. The Hall–Kier alpha value is -3.68. The summed E-state index contributed by atoms with van der Waals surface area (Å²) in [5.41, 5.74) is 2.05. The predicted molar refractivity (Wildman–Crippen MR) is 130 cm³/mol. The third-order valence-corrected chi connectivity index (χ3v) is 7.76. The Kier molecular flexibility index (Phi) is 5.31. The molecule has 2 amide bonds. The highest BCUT2D eigenvalue weighted by Crippen LogP contribution is 2.35. The lowest BCUT2D eigenvalue weighted by Crippen LogP contribution is -2.50. The highest BCUT2D eigenvalue weighted by atomic mass is 16.2. The molecule has 3 aliphatic rings. The van der Waals surface area contributed by atoms with E-state index in [0.29, 0.717) is 30.6 Å². The SMILES string of the molecule is O=C(C(=O)N1CC2CC(C1)c1cccc(=O)n1C2)c1cn(CC(=O)N2CCCC2)c2ccccc12. The lowest BCUT2D eigenvalue weighted by atomic mass is 9.83. The summed E-state index contributed by atoms with van der Waals surface area (Å²) in [6.45, 7) is 3.16. The first-order valence-electron chi connectivity index (χ1n) is 12.4. The number of nitrogens with zero attached hydrogens (tertiary/aromatic N) is 4. The Balaban J connectivity index is 1.26. The van der Waals surface area contributed by atoms with Gasteiger partial charge in [-0.3, -0.25) is 19.2 Å². The fraction of sp³-hybridized carbons (Fsp3) is 0.407. The zero-order valence-electron chi connectivity index (χ0n) is 19.6. The first-order valence-corrected chi connectivity index (χ1v) is 12.4. The highest BCUT2D eigenvalue weighted by molar-refractivity contribution is 6.44. The first-order chi connectivity index (χ1) is 17.0. The lowest BCUT2D eigenvalue weighted by Gasteiger charge is -2.42. The summed E-state index contributed by atoms with van der Waals surface area (Å²) >= 11 is 0. The van der Waals surface area contributed by atoms with Crippen molar-refractivity contribution in [3.63, 3.8) is 0 Å². The van der Waals surface area contributed by atoms with Crippen LogP contribution in [-0.2, 0) is 22.7 Å². The van der Waals surface area contributed by atoms with Crippen LogP contribution in [0, 0.1) is 5.92 Å². The molecule has 3 aromatic rings. The van der Waals surface area contributed by atoms with E-state index in [-0.39, 0.29) is 29.8 Å². The molecule has 180 valence electrons. The molecular formula is C27H28N4O4. The smallest absolute Gasteiger partial charge is 0.295 e. The quantitative estimate of drug-likeness (QED) is 0.431. The minimum absolute atomic E-state index is 0.00987. The van der Waals surface area contributed by atoms with E-state index in [9.17, 15) is 19.2 Å². The zero-order valence-corrected chi connectivity index (χ0v) is 19.6. The van der Waals surface area contributed by atoms with E-state index in [1.54, 1.807) is 27.8 Å². The van der Waals surface area contributed by atoms with Crippen LogP contribution in [0.4, 0.5) is 0 Å². The Morgan fingerprint density at radius 2 is 1.69 bits per heavy atom. The number of Topliss-reactive ketones (excluding diaryl/α,β-unsaturated/α-hetero) is 1. The van der Waals surface area contributed by atoms with Crippen molar-refractivity contribution in [2.75, 3.05) is 26.2 Å². The number of ketones is 1. The van der Waals surface area contributed by atoms with Gasteiger partial charge in [-0.25, -0.2) is 0 Å². The van der Waals surface area contributed by atoms with Crippen molar-refractivity contribution in [1.82, 2.24) is 18.9 Å². The minimum Gasteiger partial charge on any atom is -0.341 e. The van der Waals surface area contributed by atoms with Crippen LogP contribution < -0.4 is 5.56 Å². The second kappa shape index (κ2) is 8.52. The summed E-state index contributed by atoms with van der Waals surface area (Å²) in [5, 5.41) is 0.689. The maximum Gasteiger partial charge on any atom is 0.295 e. The van der Waals surface area contributed by atoms with Crippen LogP contribution in [0.3, 0.4) is 0 Å². The van der Waals surface area contributed by atoms with E-state index in [4.69, 9.17) is 0 Å². The van der Waals surface area contributed by atoms with Crippen LogP contribution in [0.15, 0.2) is 53.5 Å². The van der Waals surface area contributed by atoms with Crippen LogP contribution in [0.25, 0.3) is 10.9 Å². The number of carbonyl (C=O) groups excluding carboxylic acids is 3. The molecule has 0 aliphatic carbocycles. The molecule has 1 aromatic carbocycles. The molecule has 8 nitrogen and oxygen atoms in total. The molecule has 5 heterocycles. The van der Waals surface area contributed by atoms with Gasteiger partial charge in [-0.15, -0.1) is 0 Å². The van der Waals surface area contributed by atoms with Crippen molar-refractivity contribution < 1.29 is 14.4 Å². The molecule has 2 saturated heterocycles. The van der Waals surface area contributed by atoms with Crippen molar-refractivity contribution in [1.29, 1.82) is 0 Å². The van der Waals surface area contributed by atoms with E-state index in [1.807, 2.05) is 39.8 Å². The molecule has 2 fully saturated rings. The van der Waals surface area contributed by atoms with Gasteiger partial charge in [0.2, 0.25) is 5.91 Å². The van der Waals surface area contributed by atoms with E-state index in [0.717, 1.165) is 43.6 Å². The normalized spacial score (nSPS) is 21.3. The molecule has 2 atom stereocenters. The predicted octanol–water partition coefficient (Wildman–Crippen LogP) is 2.25. The van der Waals surface area contributed by atoms with Crippen LogP contribution in [-0.4, -0.2) is 62.7 Å². The number of aromatic nitrogens is 2. The number of rotatable bonds is 4. The average Bonchev–Trinajstić information content (AvgIpc) is 3.53. The van der Waals surface area contributed by atoms with Crippen LogP contribution in [0.5, 0.6) is 0 Å². The van der Waals surface area contributed by atoms with E-state index in [1.165, 1.54) is 0 Å². The molecule has 2 bridgehead atoms. The van der Waals surface area contributed by atoms with E-state index in [2.05, 4.69) is 0 Å². The third kappa shape index (κ3) is 3.77. The van der Waals surface area contributed by atoms with Gasteiger partial charge in [0.25, 0.3) is 17.2 Å². The third-order valence-electron chi connectivity index (χ3n) is 7.76. The number of hydrogen-bond donors (Lipinski definition) is 0. The molecule has 8 heteroatoms. The lowest BCUT2D eigenvalue weighted by molar-refractivity contribution is -0.130. The van der Waals surface area contributed by atoms with Crippen molar-refractivity contribution in [3.8, 4) is 0 Å². The number of amides is 2. The second-order valence-corrected chi connectivity index (χ2v) is 10.0.